The Labute approximate surface area is 202 Å². The molecule has 0 fully saturated rings. The Morgan fingerprint density at radius 2 is 1.17 bits per heavy atom. The highest BCUT2D eigenvalue weighted by Gasteiger charge is 2.26. The Morgan fingerprint density at radius 3 is 1.71 bits per heavy atom. The van der Waals surface area contributed by atoms with E-state index in [1.54, 1.807) is 26.0 Å². The van der Waals surface area contributed by atoms with Crippen LogP contribution in [0.1, 0.15) is 47.3 Å². The van der Waals surface area contributed by atoms with Crippen LogP contribution in [0.25, 0.3) is 28.3 Å². The van der Waals surface area contributed by atoms with E-state index >= 15 is 0 Å². The summed E-state index contributed by atoms with van der Waals surface area (Å²) in [7, 11) is 0. The summed E-state index contributed by atoms with van der Waals surface area (Å²) in [6.07, 6.45) is 3.05. The van der Waals surface area contributed by atoms with Gasteiger partial charge in [-0.3, -0.25) is 0 Å². The molecule has 3 aromatic carbocycles. The van der Waals surface area contributed by atoms with Crippen molar-refractivity contribution in [3.63, 3.8) is 0 Å². The molecule has 0 radical (unpaired) electrons. The van der Waals surface area contributed by atoms with E-state index in [1.165, 1.54) is 17.7 Å². The maximum absolute atomic E-state index is 10.8. The summed E-state index contributed by atoms with van der Waals surface area (Å²) in [5.41, 5.74) is 4.36. The van der Waals surface area contributed by atoms with E-state index in [0.29, 0.717) is 28.1 Å². The van der Waals surface area contributed by atoms with Crippen LogP contribution in [-0.4, -0.2) is 35.4 Å². The molecule has 35 heavy (non-hydrogen) atoms. The summed E-state index contributed by atoms with van der Waals surface area (Å²) in [5, 5.41) is 41.6. The molecule has 176 valence electrons. The normalized spacial score (nSPS) is 14.6. The molecule has 7 nitrogen and oxygen atoms in total. The van der Waals surface area contributed by atoms with Gasteiger partial charge >= 0.3 is 0 Å². The molecule has 5 rings (SSSR count). The molecule has 4 aromatic rings. The molecule has 7 heteroatoms. The van der Waals surface area contributed by atoms with Crippen LogP contribution in [0.4, 0.5) is 0 Å². The molecule has 0 saturated heterocycles. The van der Waals surface area contributed by atoms with Crippen molar-refractivity contribution in [2.75, 3.05) is 0 Å². The fourth-order valence-corrected chi connectivity index (χ4v) is 4.46. The van der Waals surface area contributed by atoms with Gasteiger partial charge in [0.1, 0.15) is 23.0 Å². The van der Waals surface area contributed by atoms with Crippen molar-refractivity contribution in [1.82, 2.24) is 15.0 Å². The molecule has 0 spiro atoms. The van der Waals surface area contributed by atoms with Gasteiger partial charge in [-0.05, 0) is 55.7 Å². The van der Waals surface area contributed by atoms with Gasteiger partial charge in [-0.25, -0.2) is 15.0 Å². The lowest BCUT2D eigenvalue weighted by Gasteiger charge is -2.13. The standard InChI is InChI=1S/C28H25N3O4/c1-4-16-13-21(18-8-6-5-7-17(16)18)28-30-26(19-9-11-22(32)14(2)24(19)34)29-27(31-28)20-10-12-23(33)15(3)25(20)35/h5-13,16,32-35H,4H2,1-3H3. The number of hydrogen-bond donors (Lipinski definition) is 4. The van der Waals surface area contributed by atoms with Crippen LogP contribution >= 0.6 is 0 Å². The van der Waals surface area contributed by atoms with Gasteiger partial charge in [-0.15, -0.1) is 0 Å². The van der Waals surface area contributed by atoms with E-state index in [1.807, 2.05) is 18.2 Å². The van der Waals surface area contributed by atoms with E-state index in [0.717, 1.165) is 17.6 Å². The van der Waals surface area contributed by atoms with Gasteiger partial charge in [0.05, 0.1) is 11.1 Å². The minimum atomic E-state index is -0.133. The molecule has 1 atom stereocenters. The van der Waals surface area contributed by atoms with Gasteiger partial charge in [0, 0.05) is 22.6 Å². The van der Waals surface area contributed by atoms with Crippen molar-refractivity contribution >= 4 is 5.57 Å². The molecular weight excluding hydrogens is 442 g/mol. The van der Waals surface area contributed by atoms with Crippen LogP contribution in [0.2, 0.25) is 0 Å². The molecule has 1 aliphatic carbocycles. The summed E-state index contributed by atoms with van der Waals surface area (Å²) in [6, 6.07) is 14.2. The minimum Gasteiger partial charge on any atom is -0.508 e. The molecule has 0 saturated carbocycles. The van der Waals surface area contributed by atoms with Gasteiger partial charge < -0.3 is 20.4 Å². The fourth-order valence-electron chi connectivity index (χ4n) is 4.46. The molecule has 0 bridgehead atoms. The summed E-state index contributed by atoms with van der Waals surface area (Å²) >= 11 is 0. The van der Waals surface area contributed by atoms with Crippen LogP contribution in [0.5, 0.6) is 23.0 Å². The summed E-state index contributed by atoms with van der Waals surface area (Å²) in [5.74, 6) is 0.694. The van der Waals surface area contributed by atoms with Gasteiger partial charge in [-0.2, -0.15) is 0 Å². The average Bonchev–Trinajstić information content (AvgIpc) is 3.25. The minimum absolute atomic E-state index is 0.0363. The first kappa shape index (κ1) is 22.4. The van der Waals surface area contributed by atoms with Gasteiger partial charge in [-0.1, -0.05) is 37.3 Å². The van der Waals surface area contributed by atoms with Gasteiger partial charge in [0.2, 0.25) is 0 Å². The van der Waals surface area contributed by atoms with Crippen molar-refractivity contribution in [3.05, 3.63) is 82.7 Å². The van der Waals surface area contributed by atoms with Crippen LogP contribution in [0.15, 0.2) is 54.6 Å². The molecule has 0 aliphatic heterocycles. The number of aromatic nitrogens is 3. The third-order valence-electron chi connectivity index (χ3n) is 6.62. The van der Waals surface area contributed by atoms with Crippen LogP contribution in [0, 0.1) is 13.8 Å². The van der Waals surface area contributed by atoms with Crippen molar-refractivity contribution < 1.29 is 20.4 Å². The Balaban J connectivity index is 1.78. The highest BCUT2D eigenvalue weighted by molar-refractivity contribution is 5.84. The number of aromatic hydroxyl groups is 4. The zero-order valence-corrected chi connectivity index (χ0v) is 19.6. The van der Waals surface area contributed by atoms with Crippen LogP contribution < -0.4 is 0 Å². The molecule has 1 aromatic heterocycles. The Morgan fingerprint density at radius 1 is 0.657 bits per heavy atom. The van der Waals surface area contributed by atoms with E-state index in [2.05, 4.69) is 24.1 Å². The van der Waals surface area contributed by atoms with Gasteiger partial charge in [0.15, 0.2) is 17.5 Å². The molecule has 1 heterocycles. The van der Waals surface area contributed by atoms with E-state index < -0.39 is 0 Å². The Kier molecular flexibility index (Phi) is 5.40. The molecular formula is C28H25N3O4. The smallest absolute Gasteiger partial charge is 0.167 e. The number of allylic oxidation sites excluding steroid dienone is 1. The van der Waals surface area contributed by atoms with Crippen molar-refractivity contribution in [2.45, 2.75) is 33.1 Å². The van der Waals surface area contributed by atoms with Crippen molar-refractivity contribution in [2.24, 2.45) is 0 Å². The first-order valence-corrected chi connectivity index (χ1v) is 11.4. The van der Waals surface area contributed by atoms with E-state index in [9.17, 15) is 20.4 Å². The lowest BCUT2D eigenvalue weighted by atomic mass is 9.98. The maximum Gasteiger partial charge on any atom is 0.167 e. The molecule has 0 amide bonds. The third kappa shape index (κ3) is 3.65. The second-order valence-corrected chi connectivity index (χ2v) is 8.70. The summed E-state index contributed by atoms with van der Waals surface area (Å²) in [4.78, 5) is 14.0. The molecule has 4 N–H and O–H groups in total. The lowest BCUT2D eigenvalue weighted by molar-refractivity contribution is 0.443. The van der Waals surface area contributed by atoms with Crippen LogP contribution in [0.3, 0.4) is 0 Å². The number of phenolic OH excluding ortho intramolecular Hbond substituents is 4. The second-order valence-electron chi connectivity index (χ2n) is 8.70. The average molecular weight is 468 g/mol. The van der Waals surface area contributed by atoms with Gasteiger partial charge in [0.25, 0.3) is 0 Å². The number of benzene rings is 3. The van der Waals surface area contributed by atoms with E-state index in [4.69, 9.17) is 9.97 Å². The Hall–Kier alpha value is -4.39. The quantitative estimate of drug-likeness (QED) is 0.309. The molecule has 1 unspecified atom stereocenters. The predicted octanol–water partition coefficient (Wildman–Crippen LogP) is 5.58. The third-order valence-corrected chi connectivity index (χ3v) is 6.62. The number of hydrogen-bond acceptors (Lipinski definition) is 7. The topological polar surface area (TPSA) is 120 Å². The zero-order chi connectivity index (χ0) is 24.9. The van der Waals surface area contributed by atoms with E-state index in [-0.39, 0.29) is 40.6 Å². The Bertz CT molecular complexity index is 1440. The number of fused-ring (bicyclic) bond motifs is 1. The number of rotatable bonds is 4. The molecule has 1 aliphatic rings. The number of nitrogens with zero attached hydrogens (tertiary/aromatic N) is 3. The number of phenols is 4. The predicted molar refractivity (Wildman–Crippen MR) is 133 cm³/mol. The highest BCUT2D eigenvalue weighted by atomic mass is 16.3. The summed E-state index contributed by atoms with van der Waals surface area (Å²) in [6.45, 7) is 5.33. The highest BCUT2D eigenvalue weighted by Crippen LogP contribution is 2.42. The van der Waals surface area contributed by atoms with Crippen molar-refractivity contribution in [1.29, 1.82) is 0 Å². The largest absolute Gasteiger partial charge is 0.508 e. The first-order valence-electron chi connectivity index (χ1n) is 11.4. The lowest BCUT2D eigenvalue weighted by Crippen LogP contribution is -2.04. The maximum atomic E-state index is 10.8. The second kappa shape index (κ2) is 8.43. The zero-order valence-electron chi connectivity index (χ0n) is 19.6. The fraction of sp³-hybridized carbons (Fsp3) is 0.179. The monoisotopic (exact) mass is 467 g/mol. The summed E-state index contributed by atoms with van der Waals surface area (Å²) < 4.78 is 0. The SMILES string of the molecule is CCC1C=C(c2nc(-c3ccc(O)c(C)c3O)nc(-c3ccc(O)c(C)c3O)n2)c2ccccc21. The van der Waals surface area contributed by atoms with Crippen LogP contribution in [-0.2, 0) is 0 Å². The van der Waals surface area contributed by atoms with Crippen molar-refractivity contribution in [3.8, 4) is 45.8 Å². The first-order chi connectivity index (χ1) is 16.8.